The highest BCUT2D eigenvalue weighted by atomic mass is 32.2. The van der Waals surface area contributed by atoms with Crippen LogP contribution in [0.4, 0.5) is 0 Å². The van der Waals surface area contributed by atoms with Gasteiger partial charge in [-0.2, -0.15) is 0 Å². The van der Waals surface area contributed by atoms with E-state index in [4.69, 9.17) is 9.47 Å². The van der Waals surface area contributed by atoms with Crippen LogP contribution in [0.5, 0.6) is 11.5 Å². The van der Waals surface area contributed by atoms with Crippen molar-refractivity contribution in [2.45, 2.75) is 24.3 Å². The van der Waals surface area contributed by atoms with Gasteiger partial charge in [0.15, 0.2) is 11.5 Å². The van der Waals surface area contributed by atoms with Crippen molar-refractivity contribution in [2.24, 2.45) is 0 Å². The first-order chi connectivity index (χ1) is 12.0. The van der Waals surface area contributed by atoms with E-state index in [0.717, 1.165) is 29.4 Å². The molecule has 2 aromatic rings. The lowest BCUT2D eigenvalue weighted by Crippen LogP contribution is -2.35. The number of fused-ring (bicyclic) bond motifs is 1. The van der Waals surface area contributed by atoms with Gasteiger partial charge in [-0.15, -0.1) is 0 Å². The molecule has 25 heavy (non-hydrogen) atoms. The third-order valence-corrected chi connectivity index (χ3v) is 6.28. The van der Waals surface area contributed by atoms with E-state index in [-0.39, 0.29) is 6.04 Å². The van der Waals surface area contributed by atoms with Crippen molar-refractivity contribution in [2.75, 3.05) is 33.6 Å². The Bertz CT molecular complexity index is 773. The number of hydrogen-bond acceptors (Lipinski definition) is 4. The van der Waals surface area contributed by atoms with Crippen LogP contribution in [0.25, 0.3) is 0 Å². The van der Waals surface area contributed by atoms with Gasteiger partial charge in [-0.1, -0.05) is 17.7 Å². The number of benzene rings is 2. The Morgan fingerprint density at radius 1 is 1.12 bits per heavy atom. The lowest BCUT2D eigenvalue weighted by atomic mass is 9.93. The fourth-order valence-electron chi connectivity index (χ4n) is 3.30. The summed E-state index contributed by atoms with van der Waals surface area (Å²) in [5.41, 5.74) is 3.62. The highest BCUT2D eigenvalue weighted by molar-refractivity contribution is 7.85. The van der Waals surface area contributed by atoms with Crippen LogP contribution < -0.4 is 9.47 Å². The van der Waals surface area contributed by atoms with E-state index in [1.54, 1.807) is 14.2 Å². The number of ether oxygens (including phenoxy) is 2. The van der Waals surface area contributed by atoms with E-state index in [1.165, 1.54) is 16.7 Å². The Hall–Kier alpha value is -1.85. The lowest BCUT2D eigenvalue weighted by Gasteiger charge is -2.35. The Balaban J connectivity index is 1.91. The van der Waals surface area contributed by atoms with Gasteiger partial charge in [0, 0.05) is 23.2 Å². The van der Waals surface area contributed by atoms with Crippen LogP contribution in [0.2, 0.25) is 0 Å². The number of aryl methyl sites for hydroxylation is 1. The molecule has 0 radical (unpaired) electrons. The lowest BCUT2D eigenvalue weighted by molar-refractivity contribution is 0.248. The molecule has 3 rings (SSSR count). The molecular weight excluding hydrogens is 334 g/mol. The average Bonchev–Trinajstić information content (AvgIpc) is 2.63. The van der Waals surface area contributed by atoms with Gasteiger partial charge in [-0.3, -0.25) is 9.11 Å². The molecule has 4 nitrogen and oxygen atoms in total. The van der Waals surface area contributed by atoms with E-state index < -0.39 is 10.8 Å². The van der Waals surface area contributed by atoms with Crippen molar-refractivity contribution in [3.05, 3.63) is 53.1 Å². The molecule has 0 aromatic heterocycles. The molecule has 0 saturated heterocycles. The number of nitrogens with zero attached hydrogens (tertiary/aromatic N) is 1. The van der Waals surface area contributed by atoms with Crippen molar-refractivity contribution in [1.82, 2.24) is 4.90 Å². The second kappa shape index (κ2) is 7.58. The van der Waals surface area contributed by atoms with Crippen LogP contribution in [0.15, 0.2) is 41.3 Å². The summed E-state index contributed by atoms with van der Waals surface area (Å²) in [4.78, 5) is 3.16. The minimum atomic E-state index is -1.05. The molecule has 2 aromatic carbocycles. The highest BCUT2D eigenvalue weighted by Gasteiger charge is 2.28. The molecule has 0 fully saturated rings. The van der Waals surface area contributed by atoms with Crippen molar-refractivity contribution in [1.29, 1.82) is 0 Å². The maximum atomic E-state index is 12.9. The third-order valence-electron chi connectivity index (χ3n) is 4.86. The number of hydrogen-bond donors (Lipinski definition) is 0. The molecule has 0 amide bonds. The van der Waals surface area contributed by atoms with E-state index >= 15 is 0 Å². The first kappa shape index (κ1) is 18.0. The summed E-state index contributed by atoms with van der Waals surface area (Å²) < 4.78 is 23.8. The van der Waals surface area contributed by atoms with Crippen LogP contribution in [-0.4, -0.2) is 42.7 Å². The minimum absolute atomic E-state index is 0.102. The SMILES string of the molecule is COc1cc2c(cc1OC)[C@@H](C[S@@](=O)c1ccc(C)cc1)N(C)CC2. The first-order valence-electron chi connectivity index (χ1n) is 8.43. The summed E-state index contributed by atoms with van der Waals surface area (Å²) in [5, 5.41) is 0. The molecule has 2 atom stereocenters. The minimum Gasteiger partial charge on any atom is -0.493 e. The van der Waals surface area contributed by atoms with E-state index in [0.29, 0.717) is 5.75 Å². The smallest absolute Gasteiger partial charge is 0.161 e. The predicted molar refractivity (Wildman–Crippen MR) is 101 cm³/mol. The van der Waals surface area contributed by atoms with Crippen LogP contribution in [0.1, 0.15) is 22.7 Å². The van der Waals surface area contributed by atoms with Gasteiger partial charge in [0.2, 0.25) is 0 Å². The van der Waals surface area contributed by atoms with Crippen molar-refractivity contribution in [3.63, 3.8) is 0 Å². The molecule has 0 spiro atoms. The first-order valence-corrected chi connectivity index (χ1v) is 9.75. The fourth-order valence-corrected chi connectivity index (χ4v) is 4.65. The Morgan fingerprint density at radius 3 is 2.40 bits per heavy atom. The number of likely N-dealkylation sites (N-methyl/N-ethyl adjacent to an activating group) is 1. The molecule has 1 aliphatic heterocycles. The number of rotatable bonds is 5. The summed E-state index contributed by atoms with van der Waals surface area (Å²) in [5.74, 6) is 2.05. The molecule has 0 bridgehead atoms. The van der Waals surface area contributed by atoms with E-state index in [2.05, 4.69) is 18.0 Å². The van der Waals surface area contributed by atoms with Crippen molar-refractivity contribution < 1.29 is 13.7 Å². The Kier molecular flexibility index (Phi) is 5.45. The molecular formula is C20H25NO3S. The Morgan fingerprint density at radius 2 is 1.76 bits per heavy atom. The Labute approximate surface area is 152 Å². The zero-order valence-electron chi connectivity index (χ0n) is 15.2. The van der Waals surface area contributed by atoms with E-state index in [9.17, 15) is 4.21 Å². The zero-order chi connectivity index (χ0) is 18.0. The standard InChI is InChI=1S/C20H25NO3S/c1-14-5-7-16(8-6-14)25(22)13-18-17-12-20(24-4)19(23-3)11-15(17)9-10-21(18)2/h5-8,11-12,18H,9-10,13H2,1-4H3/t18-,25-/m1/s1. The average molecular weight is 359 g/mol. The maximum Gasteiger partial charge on any atom is 0.161 e. The van der Waals surface area contributed by atoms with Gasteiger partial charge in [0.25, 0.3) is 0 Å². The summed E-state index contributed by atoms with van der Waals surface area (Å²) in [7, 11) is 4.35. The second-order valence-corrected chi connectivity index (χ2v) is 7.97. The predicted octanol–water partition coefficient (Wildman–Crippen LogP) is 3.35. The van der Waals surface area contributed by atoms with Crippen LogP contribution in [-0.2, 0) is 17.2 Å². The quantitative estimate of drug-likeness (QED) is 0.821. The molecule has 1 heterocycles. The van der Waals surface area contributed by atoms with Gasteiger partial charge in [-0.05, 0) is 55.8 Å². The largest absolute Gasteiger partial charge is 0.493 e. The summed E-state index contributed by atoms with van der Waals surface area (Å²) in [6, 6.07) is 12.2. The molecule has 5 heteroatoms. The van der Waals surface area contributed by atoms with Crippen molar-refractivity contribution >= 4 is 10.8 Å². The highest BCUT2D eigenvalue weighted by Crippen LogP contribution is 2.38. The molecule has 134 valence electrons. The van der Waals surface area contributed by atoms with Gasteiger partial charge in [0.05, 0.1) is 25.0 Å². The summed E-state index contributed by atoms with van der Waals surface area (Å²) in [6.07, 6.45) is 0.958. The third kappa shape index (κ3) is 3.72. The molecule has 0 aliphatic carbocycles. The second-order valence-electron chi connectivity index (χ2n) is 6.48. The zero-order valence-corrected chi connectivity index (χ0v) is 16.1. The number of methoxy groups -OCH3 is 2. The summed E-state index contributed by atoms with van der Waals surface area (Å²) >= 11 is 0. The normalized spacial score (nSPS) is 18.5. The topological polar surface area (TPSA) is 38.8 Å². The molecule has 0 N–H and O–H groups in total. The summed E-state index contributed by atoms with van der Waals surface area (Å²) in [6.45, 7) is 2.98. The van der Waals surface area contributed by atoms with Crippen LogP contribution in [0.3, 0.4) is 0 Å². The van der Waals surface area contributed by atoms with E-state index in [1.807, 2.05) is 37.3 Å². The van der Waals surface area contributed by atoms with Gasteiger partial charge < -0.3 is 9.47 Å². The molecule has 1 aliphatic rings. The fraction of sp³-hybridized carbons (Fsp3) is 0.400. The van der Waals surface area contributed by atoms with Gasteiger partial charge in [0.1, 0.15) is 0 Å². The van der Waals surface area contributed by atoms with Crippen LogP contribution in [0, 0.1) is 6.92 Å². The van der Waals surface area contributed by atoms with Gasteiger partial charge >= 0.3 is 0 Å². The molecule has 0 saturated carbocycles. The maximum absolute atomic E-state index is 12.9. The van der Waals surface area contributed by atoms with Crippen molar-refractivity contribution in [3.8, 4) is 11.5 Å². The van der Waals surface area contributed by atoms with Gasteiger partial charge in [-0.25, -0.2) is 0 Å². The monoisotopic (exact) mass is 359 g/mol. The van der Waals surface area contributed by atoms with Crippen LogP contribution >= 0.6 is 0 Å². The molecule has 0 unspecified atom stereocenters.